The van der Waals surface area contributed by atoms with Crippen LogP contribution in [0.15, 0.2) is 48.8 Å². The maximum atomic E-state index is 12.7. The molecule has 1 N–H and O–H groups in total. The third-order valence-corrected chi connectivity index (χ3v) is 5.75. The van der Waals surface area contributed by atoms with E-state index >= 15 is 0 Å². The summed E-state index contributed by atoms with van der Waals surface area (Å²) in [7, 11) is 0. The molecule has 1 aromatic carbocycles. The number of benzene rings is 1. The van der Waals surface area contributed by atoms with E-state index in [4.69, 9.17) is 11.6 Å². The average molecular weight is 388 g/mol. The first-order valence-electron chi connectivity index (χ1n) is 8.48. The largest absolute Gasteiger partial charge is 0.346 e. The summed E-state index contributed by atoms with van der Waals surface area (Å²) < 4.78 is 1.94. The van der Waals surface area contributed by atoms with E-state index in [9.17, 15) is 4.79 Å². The number of hydrogen-bond acceptors (Lipinski definition) is 5. The zero-order chi connectivity index (χ0) is 17.9. The first-order chi connectivity index (χ1) is 12.7. The number of amides is 1. The zero-order valence-corrected chi connectivity index (χ0v) is 15.6. The third kappa shape index (κ3) is 3.59. The van der Waals surface area contributed by atoms with E-state index in [1.807, 2.05) is 47.3 Å². The number of rotatable bonds is 4. The van der Waals surface area contributed by atoms with Crippen LogP contribution in [0.4, 0.5) is 10.8 Å². The second-order valence-electron chi connectivity index (χ2n) is 6.21. The van der Waals surface area contributed by atoms with Gasteiger partial charge < -0.3 is 10.2 Å². The predicted molar refractivity (Wildman–Crippen MR) is 104 cm³/mol. The van der Waals surface area contributed by atoms with Gasteiger partial charge in [0.15, 0.2) is 0 Å². The third-order valence-electron chi connectivity index (χ3n) is 4.42. The summed E-state index contributed by atoms with van der Waals surface area (Å²) in [6.45, 7) is 1.52. The molecule has 0 aliphatic carbocycles. The summed E-state index contributed by atoms with van der Waals surface area (Å²) >= 11 is 7.67. The minimum Gasteiger partial charge on any atom is -0.346 e. The highest BCUT2D eigenvalue weighted by molar-refractivity contribution is 7.17. The number of halogens is 1. The van der Waals surface area contributed by atoms with E-state index < -0.39 is 0 Å². The molecule has 8 heteroatoms. The molecule has 4 rings (SSSR count). The first-order valence-corrected chi connectivity index (χ1v) is 9.67. The molecule has 0 spiro atoms. The van der Waals surface area contributed by atoms with Crippen molar-refractivity contribution in [3.63, 3.8) is 0 Å². The van der Waals surface area contributed by atoms with Gasteiger partial charge in [-0.3, -0.25) is 9.36 Å². The van der Waals surface area contributed by atoms with Crippen LogP contribution >= 0.6 is 22.9 Å². The Morgan fingerprint density at radius 1 is 1.15 bits per heavy atom. The summed E-state index contributed by atoms with van der Waals surface area (Å²) in [5.41, 5.74) is 0.655. The molecule has 1 fully saturated rings. The van der Waals surface area contributed by atoms with Crippen LogP contribution in [0, 0.1) is 5.92 Å². The van der Waals surface area contributed by atoms with Crippen molar-refractivity contribution in [1.82, 2.24) is 14.8 Å². The van der Waals surface area contributed by atoms with Gasteiger partial charge in [0.2, 0.25) is 16.2 Å². The molecule has 26 heavy (non-hydrogen) atoms. The second kappa shape index (κ2) is 7.47. The molecule has 1 atom stereocenters. The number of piperidine rings is 1. The normalized spacial score (nSPS) is 17.3. The van der Waals surface area contributed by atoms with Gasteiger partial charge >= 0.3 is 0 Å². The standard InChI is InChI=1S/C18H18ClN5OS/c19-14-7-1-2-8-15(14)20-16(25)13-6-5-11-24(12-13)18-22-21-17(26-18)23-9-3-4-10-23/h1-4,7-10,13H,5-6,11-12H2,(H,20,25)/t13-/m0/s1. The van der Waals surface area contributed by atoms with E-state index in [-0.39, 0.29) is 11.8 Å². The van der Waals surface area contributed by atoms with Gasteiger partial charge in [-0.2, -0.15) is 0 Å². The van der Waals surface area contributed by atoms with E-state index in [2.05, 4.69) is 20.4 Å². The molecule has 1 aliphatic heterocycles. The zero-order valence-electron chi connectivity index (χ0n) is 14.0. The van der Waals surface area contributed by atoms with Gasteiger partial charge in [-0.05, 0) is 37.1 Å². The molecule has 134 valence electrons. The topological polar surface area (TPSA) is 63.1 Å². The molecule has 1 saturated heterocycles. The highest BCUT2D eigenvalue weighted by atomic mass is 35.5. The Kier molecular flexibility index (Phi) is 4.90. The van der Waals surface area contributed by atoms with Gasteiger partial charge in [0.1, 0.15) is 0 Å². The molecule has 2 aromatic heterocycles. The lowest BCUT2D eigenvalue weighted by Gasteiger charge is -2.31. The SMILES string of the molecule is O=C(Nc1ccccc1Cl)[C@H]1CCCN(c2nnc(-n3cccc3)s2)C1. The van der Waals surface area contributed by atoms with Crippen LogP contribution in [-0.4, -0.2) is 33.8 Å². The Balaban J connectivity index is 1.44. The van der Waals surface area contributed by atoms with Crippen LogP contribution in [-0.2, 0) is 4.79 Å². The molecule has 0 saturated carbocycles. The molecule has 3 heterocycles. The molecule has 0 bridgehead atoms. The molecule has 1 aliphatic rings. The molecule has 3 aromatic rings. The minimum atomic E-state index is -0.0982. The summed E-state index contributed by atoms with van der Waals surface area (Å²) in [6, 6.07) is 11.2. The van der Waals surface area contributed by atoms with E-state index in [1.54, 1.807) is 6.07 Å². The van der Waals surface area contributed by atoms with Gasteiger partial charge in [-0.25, -0.2) is 0 Å². The summed E-state index contributed by atoms with van der Waals surface area (Å²) in [4.78, 5) is 14.8. The van der Waals surface area contributed by atoms with Crippen molar-refractivity contribution in [3.8, 4) is 5.13 Å². The number of aromatic nitrogens is 3. The molecular formula is C18H18ClN5OS. The number of nitrogens with zero attached hydrogens (tertiary/aromatic N) is 4. The highest BCUT2D eigenvalue weighted by Crippen LogP contribution is 2.29. The van der Waals surface area contributed by atoms with Gasteiger partial charge in [-0.1, -0.05) is 35.1 Å². The number of anilines is 2. The van der Waals surface area contributed by atoms with Crippen LogP contribution in [0.25, 0.3) is 5.13 Å². The molecule has 0 radical (unpaired) electrons. The van der Waals surface area contributed by atoms with E-state index in [0.29, 0.717) is 17.3 Å². The van der Waals surface area contributed by atoms with Crippen LogP contribution in [0.1, 0.15) is 12.8 Å². The average Bonchev–Trinajstić information content (AvgIpc) is 3.35. The Labute approximate surface area is 160 Å². The number of carbonyl (C=O) groups excluding carboxylic acids is 1. The van der Waals surface area contributed by atoms with Crippen molar-refractivity contribution < 1.29 is 4.79 Å². The number of para-hydroxylation sites is 1. The lowest BCUT2D eigenvalue weighted by Crippen LogP contribution is -2.40. The van der Waals surface area contributed by atoms with Crippen LogP contribution in [0.5, 0.6) is 0 Å². The lowest BCUT2D eigenvalue weighted by molar-refractivity contribution is -0.120. The Morgan fingerprint density at radius 2 is 1.92 bits per heavy atom. The second-order valence-corrected chi connectivity index (χ2v) is 7.55. The van der Waals surface area contributed by atoms with Gasteiger partial charge in [0, 0.05) is 25.5 Å². The van der Waals surface area contributed by atoms with E-state index in [1.165, 1.54) is 11.3 Å². The predicted octanol–water partition coefficient (Wildman–Crippen LogP) is 3.84. The molecular weight excluding hydrogens is 370 g/mol. The van der Waals surface area contributed by atoms with Crippen molar-refractivity contribution in [2.45, 2.75) is 12.8 Å². The van der Waals surface area contributed by atoms with Crippen molar-refractivity contribution in [2.24, 2.45) is 5.92 Å². The van der Waals surface area contributed by atoms with Crippen LogP contribution < -0.4 is 10.2 Å². The summed E-state index contributed by atoms with van der Waals surface area (Å²) in [5.74, 6) is -0.100. The van der Waals surface area contributed by atoms with Crippen molar-refractivity contribution >= 4 is 39.7 Å². The monoisotopic (exact) mass is 387 g/mol. The smallest absolute Gasteiger partial charge is 0.229 e. The molecule has 1 amide bonds. The fourth-order valence-electron chi connectivity index (χ4n) is 3.06. The Hall–Kier alpha value is -2.38. The number of hydrogen-bond donors (Lipinski definition) is 1. The van der Waals surface area contributed by atoms with Crippen LogP contribution in [0.2, 0.25) is 5.02 Å². The van der Waals surface area contributed by atoms with Crippen molar-refractivity contribution in [3.05, 3.63) is 53.8 Å². The number of carbonyl (C=O) groups is 1. The lowest BCUT2D eigenvalue weighted by atomic mass is 9.97. The maximum absolute atomic E-state index is 12.7. The van der Waals surface area contributed by atoms with Crippen molar-refractivity contribution in [1.29, 1.82) is 0 Å². The number of nitrogens with one attached hydrogen (secondary N) is 1. The fraction of sp³-hybridized carbons (Fsp3) is 0.278. The Bertz CT molecular complexity index is 895. The van der Waals surface area contributed by atoms with E-state index in [0.717, 1.165) is 29.6 Å². The molecule has 6 nitrogen and oxygen atoms in total. The van der Waals surface area contributed by atoms with Crippen LogP contribution in [0.3, 0.4) is 0 Å². The summed E-state index contributed by atoms with van der Waals surface area (Å²) in [5, 5.41) is 13.7. The first kappa shape index (κ1) is 17.1. The Morgan fingerprint density at radius 3 is 2.73 bits per heavy atom. The fourth-order valence-corrected chi connectivity index (χ4v) is 4.10. The van der Waals surface area contributed by atoms with Gasteiger partial charge in [-0.15, -0.1) is 10.2 Å². The van der Waals surface area contributed by atoms with Crippen molar-refractivity contribution in [2.75, 3.05) is 23.3 Å². The molecule has 0 unspecified atom stereocenters. The summed E-state index contributed by atoms with van der Waals surface area (Å²) in [6.07, 6.45) is 5.69. The van der Waals surface area contributed by atoms with Gasteiger partial charge in [0.25, 0.3) is 0 Å². The van der Waals surface area contributed by atoms with Gasteiger partial charge in [0.05, 0.1) is 16.6 Å². The minimum absolute atomic E-state index is 0.00190. The quantitative estimate of drug-likeness (QED) is 0.738. The maximum Gasteiger partial charge on any atom is 0.229 e. The highest BCUT2D eigenvalue weighted by Gasteiger charge is 2.28.